The van der Waals surface area contributed by atoms with Crippen LogP contribution in [0.4, 0.5) is 18.9 Å². The van der Waals surface area contributed by atoms with Crippen LogP contribution in [-0.4, -0.2) is 31.7 Å². The molecule has 0 radical (unpaired) electrons. The minimum absolute atomic E-state index is 0.332. The lowest BCUT2D eigenvalue weighted by Gasteiger charge is -2.37. The summed E-state index contributed by atoms with van der Waals surface area (Å²) < 4.78 is 46.6. The van der Waals surface area contributed by atoms with Crippen molar-refractivity contribution in [1.82, 2.24) is 14.8 Å². The zero-order valence-electron chi connectivity index (χ0n) is 16.8. The van der Waals surface area contributed by atoms with Gasteiger partial charge in [-0.05, 0) is 37.0 Å². The number of nitrogens with one attached hydrogen (secondary N) is 1. The van der Waals surface area contributed by atoms with Gasteiger partial charge in [0, 0.05) is 21.6 Å². The Kier molecular flexibility index (Phi) is 5.84. The highest BCUT2D eigenvalue weighted by atomic mass is 127. The molecule has 1 N–H and O–H groups in total. The zero-order valence-corrected chi connectivity index (χ0v) is 18.9. The number of nitrogens with zero attached hydrogens (tertiary/aromatic N) is 3. The average Bonchev–Trinajstić information content (AvgIpc) is 3.07. The van der Waals surface area contributed by atoms with Gasteiger partial charge in [0.2, 0.25) is 0 Å². The zero-order chi connectivity index (χ0) is 22.3. The van der Waals surface area contributed by atoms with Gasteiger partial charge in [-0.1, -0.05) is 35.6 Å². The van der Waals surface area contributed by atoms with Crippen LogP contribution in [0.25, 0.3) is 10.9 Å². The van der Waals surface area contributed by atoms with E-state index in [9.17, 15) is 18.0 Å². The minimum Gasteiger partial charge on any atom is -0.494 e. The smallest absolute Gasteiger partial charge is 0.433 e. The Hall–Kier alpha value is -2.37. The van der Waals surface area contributed by atoms with E-state index in [1.54, 1.807) is 12.1 Å². The van der Waals surface area contributed by atoms with Crippen LogP contribution in [0, 0.1) is 5.92 Å². The number of methoxy groups -OCH3 is 1. The molecule has 1 fully saturated rings. The molecule has 4 rings (SSSR count). The molecule has 31 heavy (non-hydrogen) atoms. The molecule has 1 saturated carbocycles. The van der Waals surface area contributed by atoms with E-state index < -0.39 is 17.8 Å². The van der Waals surface area contributed by atoms with Gasteiger partial charge in [0.1, 0.15) is 17.1 Å². The molecular weight excluding hydrogens is 524 g/mol. The molecule has 0 aliphatic heterocycles. The number of carbonyl (C=O) groups is 1. The summed E-state index contributed by atoms with van der Waals surface area (Å²) in [6, 6.07) is 6.96. The van der Waals surface area contributed by atoms with Crippen molar-refractivity contribution in [2.75, 3.05) is 12.4 Å². The number of anilines is 1. The van der Waals surface area contributed by atoms with E-state index in [1.165, 1.54) is 13.2 Å². The highest BCUT2D eigenvalue weighted by molar-refractivity contribution is 14.1. The topological polar surface area (TPSA) is 69.0 Å². The van der Waals surface area contributed by atoms with Crippen molar-refractivity contribution < 1.29 is 22.7 Å². The van der Waals surface area contributed by atoms with Gasteiger partial charge in [-0.25, -0.2) is 4.98 Å². The van der Waals surface area contributed by atoms with Gasteiger partial charge in [-0.3, -0.25) is 9.48 Å². The maximum atomic E-state index is 12.9. The van der Waals surface area contributed by atoms with Crippen molar-refractivity contribution in [2.24, 2.45) is 5.92 Å². The number of amides is 1. The number of rotatable bonds is 5. The molecule has 0 bridgehead atoms. The number of carbonyl (C=O) groups excluding carboxylic acids is 1. The van der Waals surface area contributed by atoms with Gasteiger partial charge < -0.3 is 10.1 Å². The predicted octanol–water partition coefficient (Wildman–Crippen LogP) is 5.49. The highest BCUT2D eigenvalue weighted by Gasteiger charge is 2.34. The molecule has 2 aromatic heterocycles. The van der Waals surface area contributed by atoms with Crippen molar-refractivity contribution in [3.05, 3.63) is 47.9 Å². The molecule has 2 heterocycles. The maximum Gasteiger partial charge on any atom is 0.433 e. The van der Waals surface area contributed by atoms with Crippen molar-refractivity contribution in [3.63, 3.8) is 0 Å². The van der Waals surface area contributed by atoms with Gasteiger partial charge >= 0.3 is 6.18 Å². The number of fused-ring (bicyclic) bond motifs is 1. The molecule has 1 atom stereocenters. The van der Waals surface area contributed by atoms with E-state index in [4.69, 9.17) is 4.74 Å². The summed E-state index contributed by atoms with van der Waals surface area (Å²) in [5.74, 6) is 0.293. The number of pyridine rings is 1. The number of alkyl halides is 4. The summed E-state index contributed by atoms with van der Waals surface area (Å²) in [7, 11) is 1.45. The van der Waals surface area contributed by atoms with E-state index >= 15 is 0 Å². The van der Waals surface area contributed by atoms with Crippen molar-refractivity contribution in [2.45, 2.75) is 35.9 Å². The normalized spacial score (nSPS) is 19.7. The summed E-state index contributed by atoms with van der Waals surface area (Å²) in [6.07, 6.45) is -0.567. The van der Waals surface area contributed by atoms with Crippen molar-refractivity contribution in [3.8, 4) is 5.75 Å². The molecule has 0 spiro atoms. The second kappa shape index (κ2) is 8.29. The van der Waals surface area contributed by atoms with E-state index in [-0.39, 0.29) is 5.69 Å². The first-order chi connectivity index (χ1) is 14.7. The van der Waals surface area contributed by atoms with Gasteiger partial charge in [-0.2, -0.15) is 18.3 Å². The largest absolute Gasteiger partial charge is 0.494 e. The standard InChI is InChI=1S/C21H20F3IN4O2/c1-11(25)12-6-14(7-12)29-10-13-8-17(18(31-2)9-16(13)28-29)27-20(30)15-4-3-5-19(26-15)21(22,23)24/h3-5,8-12,14H,6-7H2,1-2H3,(H,27,30). The highest BCUT2D eigenvalue weighted by Crippen LogP contribution is 2.42. The summed E-state index contributed by atoms with van der Waals surface area (Å²) >= 11 is 2.45. The van der Waals surface area contributed by atoms with E-state index in [2.05, 4.69) is 44.9 Å². The van der Waals surface area contributed by atoms with Gasteiger partial charge in [0.25, 0.3) is 5.91 Å². The Morgan fingerprint density at radius 3 is 2.71 bits per heavy atom. The lowest BCUT2D eigenvalue weighted by atomic mass is 9.79. The second-order valence-electron chi connectivity index (χ2n) is 7.64. The Morgan fingerprint density at radius 2 is 2.06 bits per heavy atom. The number of aromatic nitrogens is 3. The lowest BCUT2D eigenvalue weighted by molar-refractivity contribution is -0.141. The Bertz CT molecular complexity index is 1120. The predicted molar refractivity (Wildman–Crippen MR) is 119 cm³/mol. The fraction of sp³-hybridized carbons (Fsp3) is 0.381. The number of halogens is 4. The van der Waals surface area contributed by atoms with Crippen LogP contribution in [0.5, 0.6) is 5.75 Å². The van der Waals surface area contributed by atoms with E-state index in [0.29, 0.717) is 27.3 Å². The third-order valence-electron chi connectivity index (χ3n) is 5.54. The van der Waals surface area contributed by atoms with Crippen molar-refractivity contribution in [1.29, 1.82) is 0 Å². The first-order valence-corrected chi connectivity index (χ1v) is 11.0. The average molecular weight is 544 g/mol. The Balaban J connectivity index is 1.58. The molecule has 10 heteroatoms. The monoisotopic (exact) mass is 544 g/mol. The molecule has 6 nitrogen and oxygen atoms in total. The number of hydrogen-bond donors (Lipinski definition) is 1. The SMILES string of the molecule is COc1cc2nn(C3CC(C(C)I)C3)cc2cc1NC(=O)c1cccc(C(F)(F)F)n1. The van der Waals surface area contributed by atoms with Crippen LogP contribution in [-0.2, 0) is 6.18 Å². The molecule has 1 aliphatic carbocycles. The Labute approximate surface area is 190 Å². The quantitative estimate of drug-likeness (QED) is 0.341. The fourth-order valence-electron chi connectivity index (χ4n) is 3.65. The van der Waals surface area contributed by atoms with Crippen molar-refractivity contribution >= 4 is 45.1 Å². The molecule has 0 saturated heterocycles. The molecule has 1 unspecified atom stereocenters. The molecule has 1 aliphatic rings. The number of ether oxygens (including phenoxy) is 1. The molecule has 3 aromatic rings. The Morgan fingerprint density at radius 1 is 1.32 bits per heavy atom. The van der Waals surface area contributed by atoms with Gasteiger partial charge in [0.15, 0.2) is 0 Å². The van der Waals surface area contributed by atoms with E-state index in [1.807, 2.05) is 10.9 Å². The maximum absolute atomic E-state index is 12.9. The molecule has 1 amide bonds. The molecular formula is C21H20F3IN4O2. The number of benzene rings is 1. The lowest BCUT2D eigenvalue weighted by Crippen LogP contribution is -2.31. The third kappa shape index (κ3) is 4.48. The summed E-state index contributed by atoms with van der Waals surface area (Å²) in [5.41, 5.74) is -0.395. The van der Waals surface area contributed by atoms with Crippen LogP contribution in [0.1, 0.15) is 42.0 Å². The molecule has 164 valence electrons. The third-order valence-corrected chi connectivity index (χ3v) is 6.55. The summed E-state index contributed by atoms with van der Waals surface area (Å²) in [5, 5.41) is 8.05. The van der Waals surface area contributed by atoms with Crippen LogP contribution in [0.15, 0.2) is 36.5 Å². The summed E-state index contributed by atoms with van der Waals surface area (Å²) in [6.45, 7) is 2.21. The fourth-order valence-corrected chi connectivity index (χ4v) is 4.24. The minimum atomic E-state index is -4.63. The van der Waals surface area contributed by atoms with Crippen LogP contribution >= 0.6 is 22.6 Å². The van der Waals surface area contributed by atoms with Gasteiger partial charge in [-0.15, -0.1) is 0 Å². The van der Waals surface area contributed by atoms with Crippen LogP contribution in [0.2, 0.25) is 0 Å². The van der Waals surface area contributed by atoms with Crippen LogP contribution < -0.4 is 10.1 Å². The summed E-state index contributed by atoms with van der Waals surface area (Å²) in [4.78, 5) is 16.0. The number of hydrogen-bond acceptors (Lipinski definition) is 4. The first-order valence-electron chi connectivity index (χ1n) is 9.72. The van der Waals surface area contributed by atoms with Crippen LogP contribution in [0.3, 0.4) is 0 Å². The second-order valence-corrected chi connectivity index (χ2v) is 9.61. The molecule has 1 aromatic carbocycles. The van der Waals surface area contributed by atoms with Gasteiger partial charge in [0.05, 0.1) is 24.4 Å². The first kappa shape index (κ1) is 21.8. The van der Waals surface area contributed by atoms with E-state index in [0.717, 1.165) is 35.9 Å².